The molecule has 0 radical (unpaired) electrons. The number of carbonyl (C=O) groups excluding carboxylic acids is 1. The summed E-state index contributed by atoms with van der Waals surface area (Å²) in [4.78, 5) is 16.2. The number of benzene rings is 1. The first-order valence-electron chi connectivity index (χ1n) is 5.42. The van der Waals surface area contributed by atoms with Crippen LogP contribution in [0.4, 0.5) is 0 Å². The van der Waals surface area contributed by atoms with Gasteiger partial charge in [-0.1, -0.05) is 23.2 Å². The minimum Gasteiger partial charge on any atom is -0.462 e. The smallest absolute Gasteiger partial charge is 0.339 e. The fraction of sp³-hybridized carbons (Fsp3) is 0.231. The summed E-state index contributed by atoms with van der Waals surface area (Å²) in [7, 11) is 0. The van der Waals surface area contributed by atoms with E-state index in [1.807, 2.05) is 25.1 Å². The van der Waals surface area contributed by atoms with Crippen molar-refractivity contribution in [3.05, 3.63) is 40.0 Å². The first-order chi connectivity index (χ1) is 8.16. The van der Waals surface area contributed by atoms with Crippen LogP contribution < -0.4 is 0 Å². The van der Waals surface area contributed by atoms with Crippen LogP contribution in [-0.2, 0) is 11.2 Å². The van der Waals surface area contributed by atoms with Gasteiger partial charge in [0.2, 0.25) is 0 Å². The van der Waals surface area contributed by atoms with Crippen molar-refractivity contribution >= 4 is 28.5 Å². The van der Waals surface area contributed by atoms with Gasteiger partial charge in [0.05, 0.1) is 17.7 Å². The predicted molar refractivity (Wildman–Crippen MR) is 65.5 cm³/mol. The molecule has 3 nitrogen and oxygen atoms in total. The van der Waals surface area contributed by atoms with Gasteiger partial charge in [0.25, 0.3) is 0 Å². The van der Waals surface area contributed by atoms with Crippen molar-refractivity contribution in [3.63, 3.8) is 0 Å². The third-order valence-electron chi connectivity index (χ3n) is 2.98. The molecule has 2 aromatic rings. The zero-order chi connectivity index (χ0) is 12.0. The van der Waals surface area contributed by atoms with E-state index in [4.69, 9.17) is 16.3 Å². The number of hydrogen-bond acceptors (Lipinski definition) is 3. The second-order valence-electron chi connectivity index (χ2n) is 4.16. The number of ether oxygens (including phenoxy) is 1. The van der Waals surface area contributed by atoms with E-state index in [2.05, 4.69) is 4.98 Å². The van der Waals surface area contributed by atoms with Gasteiger partial charge in [-0.25, -0.2) is 9.78 Å². The van der Waals surface area contributed by atoms with Crippen LogP contribution in [-0.4, -0.2) is 17.6 Å². The van der Waals surface area contributed by atoms with E-state index < -0.39 is 0 Å². The van der Waals surface area contributed by atoms with E-state index in [9.17, 15) is 4.79 Å². The normalized spacial score (nSPS) is 14.6. The number of nitrogens with zero attached hydrogens (tertiary/aromatic N) is 1. The summed E-state index contributed by atoms with van der Waals surface area (Å²) in [5.41, 5.74) is 3.20. The Kier molecular flexibility index (Phi) is 2.30. The predicted octanol–water partition coefficient (Wildman–Crippen LogP) is 2.91. The fourth-order valence-corrected chi connectivity index (χ4v) is 2.45. The highest BCUT2D eigenvalue weighted by Crippen LogP contribution is 2.30. The molecule has 2 heterocycles. The molecule has 1 aromatic heterocycles. The molecule has 86 valence electrons. The third-order valence-corrected chi connectivity index (χ3v) is 3.29. The molecule has 0 bridgehead atoms. The molecule has 0 saturated carbocycles. The Morgan fingerprint density at radius 2 is 2.24 bits per heavy atom. The van der Waals surface area contributed by atoms with Gasteiger partial charge in [-0.05, 0) is 19.1 Å². The molecule has 3 rings (SSSR count). The van der Waals surface area contributed by atoms with Crippen LogP contribution in [0.25, 0.3) is 10.9 Å². The standard InChI is InChI=1S/C13H10ClNO2/c1-7-2-3-10-9(6-7)11-8(12(14)15-10)4-5-17-13(11)16/h2-3,6H,4-5H2,1H3. The Morgan fingerprint density at radius 3 is 3.06 bits per heavy atom. The highest BCUT2D eigenvalue weighted by Gasteiger charge is 2.24. The monoisotopic (exact) mass is 247 g/mol. The van der Waals surface area contributed by atoms with Gasteiger partial charge in [-0.2, -0.15) is 0 Å². The van der Waals surface area contributed by atoms with Crippen molar-refractivity contribution in [1.29, 1.82) is 0 Å². The van der Waals surface area contributed by atoms with Crippen LogP contribution in [0.1, 0.15) is 21.5 Å². The van der Waals surface area contributed by atoms with Gasteiger partial charge in [0.1, 0.15) is 5.15 Å². The van der Waals surface area contributed by atoms with Gasteiger partial charge in [-0.15, -0.1) is 0 Å². The molecule has 1 aliphatic heterocycles. The molecule has 17 heavy (non-hydrogen) atoms. The second kappa shape index (κ2) is 3.70. The van der Waals surface area contributed by atoms with Gasteiger partial charge in [0, 0.05) is 17.4 Å². The number of aryl methyl sites for hydroxylation is 1. The van der Waals surface area contributed by atoms with Crippen LogP contribution in [0.2, 0.25) is 5.15 Å². The van der Waals surface area contributed by atoms with Gasteiger partial charge in [0.15, 0.2) is 0 Å². The molecule has 0 fully saturated rings. The number of carbonyl (C=O) groups is 1. The number of aromatic nitrogens is 1. The number of pyridine rings is 1. The number of hydrogen-bond donors (Lipinski definition) is 0. The highest BCUT2D eigenvalue weighted by atomic mass is 35.5. The Bertz CT molecular complexity index is 637. The highest BCUT2D eigenvalue weighted by molar-refractivity contribution is 6.31. The number of esters is 1. The molecule has 0 aliphatic carbocycles. The largest absolute Gasteiger partial charge is 0.462 e. The topological polar surface area (TPSA) is 39.2 Å². The Morgan fingerprint density at radius 1 is 1.41 bits per heavy atom. The zero-order valence-corrected chi connectivity index (χ0v) is 10.0. The maximum absolute atomic E-state index is 11.9. The lowest BCUT2D eigenvalue weighted by molar-refractivity contribution is 0.0483. The molecule has 0 unspecified atom stereocenters. The Hall–Kier alpha value is -1.61. The van der Waals surface area contributed by atoms with Crippen molar-refractivity contribution in [2.75, 3.05) is 6.61 Å². The molecule has 0 spiro atoms. The minimum absolute atomic E-state index is 0.300. The lowest BCUT2D eigenvalue weighted by atomic mass is 9.99. The molecule has 1 aliphatic rings. The first kappa shape index (κ1) is 10.5. The minimum atomic E-state index is -0.300. The van der Waals surface area contributed by atoms with Crippen molar-refractivity contribution in [2.24, 2.45) is 0 Å². The van der Waals surface area contributed by atoms with E-state index >= 15 is 0 Å². The Labute approximate surface area is 103 Å². The van der Waals surface area contributed by atoms with Crippen LogP contribution in [0.5, 0.6) is 0 Å². The number of halogens is 1. The summed E-state index contributed by atoms with van der Waals surface area (Å²) in [6, 6.07) is 5.77. The van der Waals surface area contributed by atoms with Crippen molar-refractivity contribution in [3.8, 4) is 0 Å². The van der Waals surface area contributed by atoms with Crippen molar-refractivity contribution in [2.45, 2.75) is 13.3 Å². The van der Waals surface area contributed by atoms with Crippen LogP contribution in [0.15, 0.2) is 18.2 Å². The van der Waals surface area contributed by atoms with Gasteiger partial charge >= 0.3 is 5.97 Å². The molecule has 0 N–H and O–H groups in total. The first-order valence-corrected chi connectivity index (χ1v) is 5.80. The summed E-state index contributed by atoms with van der Waals surface area (Å²) in [6.45, 7) is 2.36. The zero-order valence-electron chi connectivity index (χ0n) is 9.29. The third kappa shape index (κ3) is 1.58. The summed E-state index contributed by atoms with van der Waals surface area (Å²) in [5, 5.41) is 1.24. The maximum atomic E-state index is 11.9. The van der Waals surface area contributed by atoms with E-state index in [1.165, 1.54) is 0 Å². The summed E-state index contributed by atoms with van der Waals surface area (Å²) >= 11 is 6.11. The molecule has 0 atom stereocenters. The molecule has 4 heteroatoms. The van der Waals surface area contributed by atoms with Gasteiger partial charge in [-0.3, -0.25) is 0 Å². The van der Waals surface area contributed by atoms with Gasteiger partial charge < -0.3 is 4.74 Å². The molecule has 0 amide bonds. The van der Waals surface area contributed by atoms with E-state index in [0.717, 1.165) is 22.0 Å². The molecular formula is C13H10ClNO2. The summed E-state index contributed by atoms with van der Waals surface area (Å²) in [6.07, 6.45) is 0.636. The maximum Gasteiger partial charge on any atom is 0.339 e. The number of fused-ring (bicyclic) bond motifs is 3. The van der Waals surface area contributed by atoms with Crippen LogP contribution >= 0.6 is 11.6 Å². The average molecular weight is 248 g/mol. The molecular weight excluding hydrogens is 238 g/mol. The molecule has 1 aromatic carbocycles. The average Bonchev–Trinajstić information content (AvgIpc) is 2.30. The Balaban J connectivity index is 2.45. The van der Waals surface area contributed by atoms with E-state index in [1.54, 1.807) is 0 Å². The van der Waals surface area contributed by atoms with Crippen molar-refractivity contribution < 1.29 is 9.53 Å². The fourth-order valence-electron chi connectivity index (χ4n) is 2.17. The van der Waals surface area contributed by atoms with Crippen LogP contribution in [0.3, 0.4) is 0 Å². The lowest BCUT2D eigenvalue weighted by Crippen LogP contribution is -2.19. The second-order valence-corrected chi connectivity index (χ2v) is 4.52. The van der Waals surface area contributed by atoms with Crippen molar-refractivity contribution in [1.82, 2.24) is 4.98 Å². The summed E-state index contributed by atoms with van der Waals surface area (Å²) < 4.78 is 5.08. The quantitative estimate of drug-likeness (QED) is 0.531. The summed E-state index contributed by atoms with van der Waals surface area (Å²) in [5.74, 6) is -0.300. The SMILES string of the molecule is Cc1ccc2nc(Cl)c3c(c2c1)C(=O)OCC3. The van der Waals surface area contributed by atoms with E-state index in [0.29, 0.717) is 23.7 Å². The lowest BCUT2D eigenvalue weighted by Gasteiger charge is -2.18. The van der Waals surface area contributed by atoms with E-state index in [-0.39, 0.29) is 5.97 Å². The number of rotatable bonds is 0. The number of cyclic esters (lactones) is 1. The van der Waals surface area contributed by atoms with Crippen LogP contribution in [0, 0.1) is 6.92 Å². The molecule has 0 saturated heterocycles.